The summed E-state index contributed by atoms with van der Waals surface area (Å²) in [4.78, 5) is 0. The highest BCUT2D eigenvalue weighted by Crippen LogP contribution is 2.14. The fraction of sp³-hybridized carbons (Fsp3) is 1.00. The predicted octanol–water partition coefficient (Wildman–Crippen LogP) is 2.51. The van der Waals surface area contributed by atoms with Crippen molar-refractivity contribution in [2.75, 3.05) is 7.05 Å². The molecule has 2 unspecified atom stereocenters. The number of rotatable bonds is 7. The quantitative estimate of drug-likeness (QED) is 0.469. The Kier molecular flexibility index (Phi) is 4.62. The highest BCUT2D eigenvalue weighted by molar-refractivity contribution is 4.73. The minimum atomic E-state index is 0.705. The Hall–Kier alpha value is -0.0800. The smallest absolute Gasteiger partial charge is 0.0860 e. The Labute approximate surface area is 76.3 Å². The number of hydrazine groups is 1. The van der Waals surface area contributed by atoms with Crippen LogP contribution in [0.1, 0.15) is 51.9 Å². The van der Waals surface area contributed by atoms with Gasteiger partial charge >= 0.3 is 0 Å². The topological polar surface area (TPSA) is 25.0 Å². The van der Waals surface area contributed by atoms with Gasteiger partial charge in [-0.25, -0.2) is 10.4 Å². The molecule has 1 aliphatic rings. The van der Waals surface area contributed by atoms with Crippen LogP contribution in [0.4, 0.5) is 0 Å². The average molecular weight is 170 g/mol. The lowest BCUT2D eigenvalue weighted by Crippen LogP contribution is -1.93. The molecule has 1 aliphatic heterocycles. The van der Waals surface area contributed by atoms with Gasteiger partial charge in [0.05, 0.1) is 6.17 Å². The first-order chi connectivity index (χ1) is 5.84. The Balaban J connectivity index is 1.72. The molecule has 0 bridgehead atoms. The van der Waals surface area contributed by atoms with Crippen molar-refractivity contribution < 1.29 is 0 Å². The van der Waals surface area contributed by atoms with Gasteiger partial charge in [-0.15, -0.1) is 0 Å². The first-order valence-electron chi connectivity index (χ1n) is 5.33. The molecule has 0 aromatic carbocycles. The summed E-state index contributed by atoms with van der Waals surface area (Å²) in [5.74, 6) is 0. The molecule has 1 saturated heterocycles. The average Bonchev–Trinajstić information content (AvgIpc) is 2.74. The van der Waals surface area contributed by atoms with Crippen LogP contribution in [-0.4, -0.2) is 18.2 Å². The maximum atomic E-state index is 3.27. The molecule has 0 aromatic heterocycles. The van der Waals surface area contributed by atoms with E-state index < -0.39 is 0 Å². The standard InChI is InChI=1S/C10H22N2/c1-3-4-5-6-7-8-9-10-11-12(10)2/h10-11H,3-9H2,1-2H3. The van der Waals surface area contributed by atoms with E-state index in [0.717, 1.165) is 0 Å². The zero-order valence-corrected chi connectivity index (χ0v) is 8.47. The molecule has 0 aliphatic carbocycles. The van der Waals surface area contributed by atoms with Crippen molar-refractivity contribution in [3.05, 3.63) is 0 Å². The number of hydrogen-bond donors (Lipinski definition) is 1. The number of nitrogens with zero attached hydrogens (tertiary/aromatic N) is 1. The van der Waals surface area contributed by atoms with E-state index in [-0.39, 0.29) is 0 Å². The molecule has 0 radical (unpaired) electrons. The number of hydrogen-bond acceptors (Lipinski definition) is 2. The molecule has 1 N–H and O–H groups in total. The van der Waals surface area contributed by atoms with E-state index in [2.05, 4.69) is 24.4 Å². The lowest BCUT2D eigenvalue weighted by atomic mass is 10.1. The number of unbranched alkanes of at least 4 members (excludes halogenated alkanes) is 5. The molecule has 1 rings (SSSR count). The summed E-state index contributed by atoms with van der Waals surface area (Å²) in [6.45, 7) is 2.27. The minimum Gasteiger partial charge on any atom is -0.235 e. The fourth-order valence-corrected chi connectivity index (χ4v) is 1.58. The summed E-state index contributed by atoms with van der Waals surface area (Å²) in [6.07, 6.45) is 10.5. The van der Waals surface area contributed by atoms with Crippen LogP contribution >= 0.6 is 0 Å². The lowest BCUT2D eigenvalue weighted by Gasteiger charge is -1.98. The Morgan fingerprint density at radius 1 is 1.08 bits per heavy atom. The minimum absolute atomic E-state index is 0.705. The van der Waals surface area contributed by atoms with E-state index >= 15 is 0 Å². The maximum Gasteiger partial charge on any atom is 0.0860 e. The van der Waals surface area contributed by atoms with Crippen LogP contribution in [0.25, 0.3) is 0 Å². The van der Waals surface area contributed by atoms with Crippen LogP contribution in [0.15, 0.2) is 0 Å². The van der Waals surface area contributed by atoms with E-state index in [1.54, 1.807) is 0 Å². The van der Waals surface area contributed by atoms with Gasteiger partial charge in [0.25, 0.3) is 0 Å². The fourth-order valence-electron chi connectivity index (χ4n) is 1.58. The van der Waals surface area contributed by atoms with Gasteiger partial charge < -0.3 is 0 Å². The molecular formula is C10H22N2. The van der Waals surface area contributed by atoms with E-state index in [9.17, 15) is 0 Å². The molecule has 2 heteroatoms. The molecule has 1 heterocycles. The van der Waals surface area contributed by atoms with E-state index in [0.29, 0.717) is 6.17 Å². The second kappa shape index (κ2) is 5.55. The van der Waals surface area contributed by atoms with E-state index in [4.69, 9.17) is 0 Å². The van der Waals surface area contributed by atoms with Gasteiger partial charge in [-0.05, 0) is 6.42 Å². The molecule has 0 saturated carbocycles. The van der Waals surface area contributed by atoms with Crippen LogP contribution < -0.4 is 5.43 Å². The third-order valence-corrected chi connectivity index (χ3v) is 2.58. The molecule has 72 valence electrons. The molecule has 0 aromatic rings. The van der Waals surface area contributed by atoms with Crippen molar-refractivity contribution in [2.45, 2.75) is 58.0 Å². The van der Waals surface area contributed by atoms with Crippen molar-refractivity contribution in [3.8, 4) is 0 Å². The molecule has 0 spiro atoms. The maximum absolute atomic E-state index is 3.27. The van der Waals surface area contributed by atoms with Crippen LogP contribution in [0.3, 0.4) is 0 Å². The van der Waals surface area contributed by atoms with Gasteiger partial charge in [0, 0.05) is 7.05 Å². The SMILES string of the molecule is CCCCCCCCC1NN1C. The van der Waals surface area contributed by atoms with Gasteiger partial charge in [0.1, 0.15) is 0 Å². The van der Waals surface area contributed by atoms with Crippen molar-refractivity contribution in [1.29, 1.82) is 0 Å². The zero-order chi connectivity index (χ0) is 8.81. The third-order valence-electron chi connectivity index (χ3n) is 2.58. The van der Waals surface area contributed by atoms with Crippen LogP contribution in [0.5, 0.6) is 0 Å². The van der Waals surface area contributed by atoms with Crippen molar-refractivity contribution in [2.24, 2.45) is 0 Å². The van der Waals surface area contributed by atoms with Gasteiger partial charge in [-0.3, -0.25) is 0 Å². The monoisotopic (exact) mass is 170 g/mol. The second-order valence-corrected chi connectivity index (χ2v) is 3.81. The molecular weight excluding hydrogens is 148 g/mol. The molecule has 2 atom stereocenters. The molecule has 2 nitrogen and oxygen atoms in total. The van der Waals surface area contributed by atoms with Crippen LogP contribution in [-0.2, 0) is 0 Å². The second-order valence-electron chi connectivity index (χ2n) is 3.81. The zero-order valence-electron chi connectivity index (χ0n) is 8.47. The van der Waals surface area contributed by atoms with Gasteiger partial charge in [0.2, 0.25) is 0 Å². The first kappa shape index (κ1) is 10.0. The van der Waals surface area contributed by atoms with Gasteiger partial charge in [0.15, 0.2) is 0 Å². The summed E-state index contributed by atoms with van der Waals surface area (Å²) in [6, 6.07) is 0. The summed E-state index contributed by atoms with van der Waals surface area (Å²) in [5.41, 5.74) is 3.27. The number of nitrogens with one attached hydrogen (secondary N) is 1. The normalized spacial score (nSPS) is 27.5. The van der Waals surface area contributed by atoms with E-state index in [1.807, 2.05) is 0 Å². The largest absolute Gasteiger partial charge is 0.235 e. The lowest BCUT2D eigenvalue weighted by molar-refractivity contribution is 0.532. The summed E-state index contributed by atoms with van der Waals surface area (Å²) < 4.78 is 0. The molecule has 12 heavy (non-hydrogen) atoms. The Morgan fingerprint density at radius 3 is 2.25 bits per heavy atom. The van der Waals surface area contributed by atoms with Crippen LogP contribution in [0.2, 0.25) is 0 Å². The van der Waals surface area contributed by atoms with Crippen molar-refractivity contribution in [1.82, 2.24) is 10.4 Å². The summed E-state index contributed by atoms with van der Waals surface area (Å²) in [7, 11) is 2.11. The first-order valence-corrected chi connectivity index (χ1v) is 5.33. The Bertz CT molecular complexity index is 114. The van der Waals surface area contributed by atoms with E-state index in [1.165, 1.54) is 44.9 Å². The summed E-state index contributed by atoms with van der Waals surface area (Å²) in [5, 5.41) is 2.19. The highest BCUT2D eigenvalue weighted by atomic mass is 15.7. The highest BCUT2D eigenvalue weighted by Gasteiger charge is 2.27. The van der Waals surface area contributed by atoms with Crippen LogP contribution in [0, 0.1) is 0 Å². The molecule has 1 fully saturated rings. The van der Waals surface area contributed by atoms with Crippen molar-refractivity contribution in [3.63, 3.8) is 0 Å². The van der Waals surface area contributed by atoms with Crippen molar-refractivity contribution >= 4 is 0 Å². The third kappa shape index (κ3) is 4.07. The predicted molar refractivity (Wildman–Crippen MR) is 52.7 cm³/mol. The van der Waals surface area contributed by atoms with Gasteiger partial charge in [-0.1, -0.05) is 45.4 Å². The Morgan fingerprint density at radius 2 is 1.67 bits per heavy atom. The summed E-state index contributed by atoms with van der Waals surface area (Å²) >= 11 is 0. The molecule has 0 amide bonds. The van der Waals surface area contributed by atoms with Gasteiger partial charge in [-0.2, -0.15) is 0 Å².